The standard InChI is InChI=1S/C14H27NO2Si/c1-14(2,3)18(4,5)17-13-9-11-8-12(16)6-7-15(11)10-13/h11,13H,6-10H2,1-5H3/t11-,13-/m1/s1. The third kappa shape index (κ3) is 2.86. The van der Waals surface area contributed by atoms with Gasteiger partial charge in [0.15, 0.2) is 8.32 Å². The summed E-state index contributed by atoms with van der Waals surface area (Å²) in [6, 6.07) is 0.459. The van der Waals surface area contributed by atoms with E-state index in [0.717, 1.165) is 32.4 Å². The maximum Gasteiger partial charge on any atom is 0.192 e. The highest BCUT2D eigenvalue weighted by Gasteiger charge is 2.43. The summed E-state index contributed by atoms with van der Waals surface area (Å²) in [6.45, 7) is 13.5. The van der Waals surface area contributed by atoms with Gasteiger partial charge >= 0.3 is 0 Å². The molecule has 0 bridgehead atoms. The summed E-state index contributed by atoms with van der Waals surface area (Å²) in [5.74, 6) is 0.434. The molecule has 2 atom stereocenters. The van der Waals surface area contributed by atoms with E-state index in [1.807, 2.05) is 0 Å². The van der Waals surface area contributed by atoms with E-state index < -0.39 is 8.32 Å². The van der Waals surface area contributed by atoms with Gasteiger partial charge in [-0.15, -0.1) is 0 Å². The molecule has 2 saturated heterocycles. The third-order valence-corrected chi connectivity index (χ3v) is 9.43. The molecule has 0 unspecified atom stereocenters. The van der Waals surface area contributed by atoms with Crippen molar-refractivity contribution in [1.82, 2.24) is 4.90 Å². The van der Waals surface area contributed by atoms with Gasteiger partial charge in [-0.2, -0.15) is 0 Å². The van der Waals surface area contributed by atoms with Crippen LogP contribution in [0.4, 0.5) is 0 Å². The molecule has 104 valence electrons. The van der Waals surface area contributed by atoms with Gasteiger partial charge in [-0.05, 0) is 24.6 Å². The Morgan fingerprint density at radius 2 is 2.00 bits per heavy atom. The fraction of sp³-hybridized carbons (Fsp3) is 0.929. The second-order valence-corrected chi connectivity index (χ2v) is 12.1. The van der Waals surface area contributed by atoms with Gasteiger partial charge in [-0.3, -0.25) is 9.69 Å². The number of carbonyl (C=O) groups excluding carboxylic acids is 1. The first-order valence-corrected chi connectivity index (χ1v) is 10.0. The summed E-state index contributed by atoms with van der Waals surface area (Å²) in [7, 11) is -1.66. The number of carbonyl (C=O) groups is 1. The van der Waals surface area contributed by atoms with Crippen LogP contribution in [0.2, 0.25) is 18.1 Å². The van der Waals surface area contributed by atoms with Crippen molar-refractivity contribution in [3.8, 4) is 0 Å². The maximum absolute atomic E-state index is 11.5. The monoisotopic (exact) mass is 269 g/mol. The molecule has 0 radical (unpaired) electrons. The fourth-order valence-corrected chi connectivity index (χ4v) is 4.09. The number of Topliss-reactive ketones (excluding diaryl/α,β-unsaturated/α-hetero) is 1. The summed E-state index contributed by atoms with van der Waals surface area (Å²) < 4.78 is 6.48. The van der Waals surface area contributed by atoms with E-state index in [4.69, 9.17) is 4.43 Å². The maximum atomic E-state index is 11.5. The summed E-state index contributed by atoms with van der Waals surface area (Å²) in [5, 5.41) is 0.270. The van der Waals surface area contributed by atoms with E-state index in [-0.39, 0.29) is 5.04 Å². The molecular formula is C14H27NO2Si. The van der Waals surface area contributed by atoms with Crippen LogP contribution >= 0.6 is 0 Å². The van der Waals surface area contributed by atoms with E-state index in [9.17, 15) is 4.79 Å². The largest absolute Gasteiger partial charge is 0.413 e. The lowest BCUT2D eigenvalue weighted by Crippen LogP contribution is -2.44. The summed E-state index contributed by atoms with van der Waals surface area (Å²) >= 11 is 0. The predicted molar refractivity (Wildman–Crippen MR) is 76.3 cm³/mol. The summed E-state index contributed by atoms with van der Waals surface area (Å²) in [5.41, 5.74) is 0. The van der Waals surface area contributed by atoms with Crippen LogP contribution in [0, 0.1) is 0 Å². The molecule has 0 aromatic rings. The molecule has 2 fully saturated rings. The number of hydrogen-bond donors (Lipinski definition) is 0. The van der Waals surface area contributed by atoms with Crippen LogP contribution in [0.1, 0.15) is 40.0 Å². The molecule has 0 aromatic carbocycles. The Kier molecular flexibility index (Phi) is 3.73. The topological polar surface area (TPSA) is 29.5 Å². The quantitative estimate of drug-likeness (QED) is 0.722. The van der Waals surface area contributed by atoms with Crippen LogP contribution in [-0.4, -0.2) is 44.2 Å². The van der Waals surface area contributed by atoms with Crippen molar-refractivity contribution in [1.29, 1.82) is 0 Å². The lowest BCUT2D eigenvalue weighted by atomic mass is 10.0. The van der Waals surface area contributed by atoms with Crippen molar-refractivity contribution in [2.24, 2.45) is 0 Å². The minimum absolute atomic E-state index is 0.270. The first-order valence-electron chi connectivity index (χ1n) is 7.12. The van der Waals surface area contributed by atoms with Crippen molar-refractivity contribution < 1.29 is 9.22 Å². The minimum Gasteiger partial charge on any atom is -0.413 e. The Morgan fingerprint density at radius 3 is 2.61 bits per heavy atom. The smallest absolute Gasteiger partial charge is 0.192 e. The van der Waals surface area contributed by atoms with E-state index in [0.29, 0.717) is 17.9 Å². The summed E-state index contributed by atoms with van der Waals surface area (Å²) in [6.07, 6.45) is 2.89. The number of fused-ring (bicyclic) bond motifs is 1. The van der Waals surface area contributed by atoms with Gasteiger partial charge in [0.2, 0.25) is 0 Å². The van der Waals surface area contributed by atoms with E-state index in [1.54, 1.807) is 0 Å². The number of hydrogen-bond acceptors (Lipinski definition) is 3. The first-order chi connectivity index (χ1) is 8.19. The van der Waals surface area contributed by atoms with E-state index in [1.165, 1.54) is 0 Å². The molecular weight excluding hydrogens is 242 g/mol. The van der Waals surface area contributed by atoms with E-state index >= 15 is 0 Å². The molecule has 0 aliphatic carbocycles. The minimum atomic E-state index is -1.66. The molecule has 2 heterocycles. The normalized spacial score (nSPS) is 30.6. The molecule has 2 aliphatic rings. The number of ketones is 1. The van der Waals surface area contributed by atoms with Crippen molar-refractivity contribution in [2.45, 2.75) is 70.3 Å². The van der Waals surface area contributed by atoms with Gasteiger partial charge in [0, 0.05) is 32.0 Å². The average molecular weight is 269 g/mol. The van der Waals surface area contributed by atoms with Gasteiger partial charge in [0.1, 0.15) is 5.78 Å². The Bertz CT molecular complexity index is 335. The van der Waals surface area contributed by atoms with Gasteiger partial charge in [0.25, 0.3) is 0 Å². The molecule has 0 saturated carbocycles. The van der Waals surface area contributed by atoms with Gasteiger partial charge in [-0.1, -0.05) is 20.8 Å². The summed E-state index contributed by atoms with van der Waals surface area (Å²) in [4.78, 5) is 14.0. The molecule has 18 heavy (non-hydrogen) atoms. The van der Waals surface area contributed by atoms with Crippen LogP contribution in [0.3, 0.4) is 0 Å². The van der Waals surface area contributed by atoms with Crippen LogP contribution in [-0.2, 0) is 9.22 Å². The Hall–Kier alpha value is -0.193. The lowest BCUT2D eigenvalue weighted by molar-refractivity contribution is -0.122. The molecule has 2 aliphatic heterocycles. The van der Waals surface area contributed by atoms with Crippen molar-refractivity contribution in [2.75, 3.05) is 13.1 Å². The van der Waals surface area contributed by atoms with E-state index in [2.05, 4.69) is 38.8 Å². The van der Waals surface area contributed by atoms with Crippen molar-refractivity contribution >= 4 is 14.1 Å². The second kappa shape index (κ2) is 4.73. The number of rotatable bonds is 2. The number of piperidine rings is 1. The first kappa shape index (κ1) is 14.2. The van der Waals surface area contributed by atoms with Gasteiger partial charge in [-0.25, -0.2) is 0 Å². The molecule has 0 N–H and O–H groups in total. The Balaban J connectivity index is 1.95. The molecule has 0 aromatic heterocycles. The molecule has 2 rings (SSSR count). The molecule has 0 amide bonds. The second-order valence-electron chi connectivity index (χ2n) is 7.38. The third-order valence-electron chi connectivity index (χ3n) is 4.90. The predicted octanol–water partition coefficient (Wildman–Crippen LogP) is 2.81. The average Bonchev–Trinajstić information content (AvgIpc) is 2.56. The zero-order chi connectivity index (χ0) is 13.6. The Morgan fingerprint density at radius 1 is 1.33 bits per heavy atom. The lowest BCUT2D eigenvalue weighted by Gasteiger charge is -2.38. The molecule has 4 heteroatoms. The highest BCUT2D eigenvalue weighted by Crippen LogP contribution is 2.39. The molecule has 0 spiro atoms. The SMILES string of the molecule is CC(C)(C)[Si](C)(C)O[C@@H]1C[C@H]2CC(=O)CCN2C1. The van der Waals surface area contributed by atoms with Crippen molar-refractivity contribution in [3.05, 3.63) is 0 Å². The van der Waals surface area contributed by atoms with Crippen LogP contribution in [0.25, 0.3) is 0 Å². The zero-order valence-corrected chi connectivity index (χ0v) is 13.5. The van der Waals surface area contributed by atoms with Crippen molar-refractivity contribution in [3.63, 3.8) is 0 Å². The number of nitrogens with zero attached hydrogens (tertiary/aromatic N) is 1. The van der Waals surface area contributed by atoms with Crippen LogP contribution in [0.15, 0.2) is 0 Å². The van der Waals surface area contributed by atoms with Crippen LogP contribution < -0.4 is 0 Å². The van der Waals surface area contributed by atoms with Gasteiger partial charge < -0.3 is 4.43 Å². The zero-order valence-electron chi connectivity index (χ0n) is 12.5. The Labute approximate surface area is 112 Å². The molecule has 3 nitrogen and oxygen atoms in total. The van der Waals surface area contributed by atoms with Crippen LogP contribution in [0.5, 0.6) is 0 Å². The highest BCUT2D eigenvalue weighted by molar-refractivity contribution is 6.74. The highest BCUT2D eigenvalue weighted by atomic mass is 28.4. The fourth-order valence-electron chi connectivity index (χ4n) is 2.74. The van der Waals surface area contributed by atoms with Gasteiger partial charge in [0.05, 0.1) is 6.10 Å².